The van der Waals surface area contributed by atoms with E-state index < -0.39 is 12.0 Å². The van der Waals surface area contributed by atoms with Gasteiger partial charge in [-0.05, 0) is 12.0 Å². The fraction of sp³-hybridized carbons (Fsp3) is 0.300. The minimum atomic E-state index is -0.475. The van der Waals surface area contributed by atoms with Crippen molar-refractivity contribution in [1.29, 1.82) is 0 Å². The van der Waals surface area contributed by atoms with Crippen LogP contribution >= 0.6 is 0 Å². The van der Waals surface area contributed by atoms with E-state index in [-0.39, 0.29) is 42.6 Å². The van der Waals surface area contributed by atoms with Crippen molar-refractivity contribution < 1.29 is 16.4 Å². The zero-order valence-electron chi connectivity index (χ0n) is 11.7. The zero-order chi connectivity index (χ0) is 13.2. The maximum absolute atomic E-state index is 11.0. The molecule has 0 aliphatic heterocycles. The Bertz CT molecular complexity index is 429. The van der Waals surface area contributed by atoms with E-state index >= 15 is 0 Å². The van der Waals surface area contributed by atoms with Gasteiger partial charge in [-0.15, -0.1) is 0 Å². The Balaban J connectivity index is 3.12. The molecule has 64 valence electrons. The fourth-order valence-electron chi connectivity index (χ4n) is 0.730. The Morgan fingerprint density at radius 3 is 2.75 bits per heavy atom. The highest BCUT2D eigenvalue weighted by molar-refractivity contribution is 5.69. The maximum atomic E-state index is 11.0. The molecule has 12 heavy (non-hydrogen) atoms. The molecule has 2 nitrogen and oxygen atoms in total. The number of esters is 1. The normalized spacial score (nSPS) is 15.2. The van der Waals surface area contributed by atoms with Crippen LogP contribution in [0.15, 0.2) is 30.2 Å². The Labute approximate surface area is 79.2 Å². The van der Waals surface area contributed by atoms with Gasteiger partial charge in [-0.25, -0.2) is 0 Å². The van der Waals surface area contributed by atoms with Crippen molar-refractivity contribution >= 4 is 5.97 Å². The van der Waals surface area contributed by atoms with Crippen LogP contribution in [0.1, 0.15) is 18.8 Å². The summed E-state index contributed by atoms with van der Waals surface area (Å²) in [5.74, 6) is -0.475. The standard InChI is InChI=1S/C10H12O2/c1-12-10(11)8-7-9-5-3-2-4-6-9/h2-6H,7-8H2,1H3/i2D,3D,4D,5D,6D. The van der Waals surface area contributed by atoms with Crippen molar-refractivity contribution in [2.24, 2.45) is 0 Å². The van der Waals surface area contributed by atoms with Gasteiger partial charge in [0.15, 0.2) is 0 Å². The van der Waals surface area contributed by atoms with Crippen LogP contribution in [0, 0.1) is 0 Å². The molecule has 0 spiro atoms. The average molecular weight is 169 g/mol. The van der Waals surface area contributed by atoms with E-state index in [1.165, 1.54) is 7.11 Å². The van der Waals surface area contributed by atoms with Gasteiger partial charge >= 0.3 is 5.97 Å². The molecule has 1 aromatic carbocycles. The van der Waals surface area contributed by atoms with Crippen LogP contribution in [0.5, 0.6) is 0 Å². The van der Waals surface area contributed by atoms with Crippen LogP contribution in [0.4, 0.5) is 0 Å². The minimum absolute atomic E-state index is 0.00944. The van der Waals surface area contributed by atoms with E-state index in [2.05, 4.69) is 4.74 Å². The summed E-state index contributed by atoms with van der Waals surface area (Å²) in [7, 11) is 1.24. The van der Waals surface area contributed by atoms with E-state index in [1.807, 2.05) is 0 Å². The van der Waals surface area contributed by atoms with Crippen molar-refractivity contribution in [3.63, 3.8) is 0 Å². The van der Waals surface area contributed by atoms with E-state index in [4.69, 9.17) is 6.85 Å². The smallest absolute Gasteiger partial charge is 0.305 e. The van der Waals surface area contributed by atoms with Gasteiger partial charge in [0, 0.05) is 6.42 Å². The first kappa shape index (κ1) is 4.08. The quantitative estimate of drug-likeness (QED) is 0.645. The molecule has 0 fully saturated rings. The van der Waals surface area contributed by atoms with Gasteiger partial charge in [-0.2, -0.15) is 0 Å². The summed E-state index contributed by atoms with van der Waals surface area (Å²) in [5, 5.41) is 0. The number of carbonyl (C=O) groups is 1. The number of hydrogen-bond donors (Lipinski definition) is 0. The summed E-state index contributed by atoms with van der Waals surface area (Å²) in [5.41, 5.74) is 0.140. The predicted molar refractivity (Wildman–Crippen MR) is 46.8 cm³/mol. The molecule has 0 heterocycles. The van der Waals surface area contributed by atoms with Crippen LogP contribution in [-0.2, 0) is 16.0 Å². The SMILES string of the molecule is [2H]c1c([2H])c([2H])c(CCC(=O)OC)c([2H])c1[2H]. The van der Waals surface area contributed by atoms with Crippen molar-refractivity contribution in [1.82, 2.24) is 0 Å². The third-order valence-corrected chi connectivity index (χ3v) is 1.36. The van der Waals surface area contributed by atoms with Gasteiger partial charge < -0.3 is 4.74 Å². The number of carbonyl (C=O) groups excluding carboxylic acids is 1. The predicted octanol–water partition coefficient (Wildman–Crippen LogP) is 1.79. The highest BCUT2D eigenvalue weighted by Crippen LogP contribution is 2.02. The lowest BCUT2D eigenvalue weighted by Crippen LogP contribution is -2.01. The summed E-state index contributed by atoms with van der Waals surface area (Å²) in [4.78, 5) is 11.0. The highest BCUT2D eigenvalue weighted by atomic mass is 16.5. The van der Waals surface area contributed by atoms with Crippen LogP contribution < -0.4 is 0 Å². The van der Waals surface area contributed by atoms with Crippen molar-refractivity contribution in [2.75, 3.05) is 7.11 Å². The second-order valence-corrected chi connectivity index (χ2v) is 2.18. The molecule has 0 N–H and O–H groups in total. The molecule has 0 bridgehead atoms. The minimum Gasteiger partial charge on any atom is -0.469 e. The van der Waals surface area contributed by atoms with E-state index in [0.717, 1.165) is 0 Å². The Morgan fingerprint density at radius 2 is 2.17 bits per heavy atom. The molecule has 0 aliphatic carbocycles. The van der Waals surface area contributed by atoms with Gasteiger partial charge in [0.25, 0.3) is 0 Å². The molecule has 1 aromatic rings. The molecule has 0 aromatic heterocycles. The molecule has 0 atom stereocenters. The van der Waals surface area contributed by atoms with Crippen LogP contribution in [0.2, 0.25) is 0 Å². The number of benzene rings is 1. The largest absolute Gasteiger partial charge is 0.469 e. The number of hydrogen-bond acceptors (Lipinski definition) is 2. The second-order valence-electron chi connectivity index (χ2n) is 2.18. The number of rotatable bonds is 3. The van der Waals surface area contributed by atoms with Gasteiger partial charge in [0.1, 0.15) is 0 Å². The van der Waals surface area contributed by atoms with E-state index in [1.54, 1.807) is 0 Å². The average Bonchev–Trinajstić information content (AvgIpc) is 2.33. The molecule has 0 unspecified atom stereocenters. The Hall–Kier alpha value is -1.31. The van der Waals surface area contributed by atoms with E-state index in [9.17, 15) is 4.79 Å². The number of methoxy groups -OCH3 is 1. The van der Waals surface area contributed by atoms with Gasteiger partial charge in [-0.3, -0.25) is 4.79 Å². The highest BCUT2D eigenvalue weighted by Gasteiger charge is 1.99. The van der Waals surface area contributed by atoms with Crippen LogP contribution in [0.3, 0.4) is 0 Å². The summed E-state index contributed by atoms with van der Waals surface area (Å²) in [6.45, 7) is 0. The first-order valence-corrected chi connectivity index (χ1v) is 3.52. The van der Waals surface area contributed by atoms with Gasteiger partial charge in [-0.1, -0.05) is 30.2 Å². The maximum Gasteiger partial charge on any atom is 0.305 e. The zero-order valence-corrected chi connectivity index (χ0v) is 6.73. The lowest BCUT2D eigenvalue weighted by molar-refractivity contribution is -0.140. The Morgan fingerprint density at radius 1 is 1.50 bits per heavy atom. The van der Waals surface area contributed by atoms with Gasteiger partial charge in [0.2, 0.25) is 0 Å². The van der Waals surface area contributed by atoms with Gasteiger partial charge in [0.05, 0.1) is 14.0 Å². The molecule has 0 radical (unpaired) electrons. The molecular weight excluding hydrogens is 152 g/mol. The Kier molecular flexibility index (Phi) is 1.54. The van der Waals surface area contributed by atoms with Crippen molar-refractivity contribution in [3.8, 4) is 0 Å². The monoisotopic (exact) mass is 169 g/mol. The lowest BCUT2D eigenvalue weighted by Gasteiger charge is -1.98. The second kappa shape index (κ2) is 4.54. The van der Waals surface area contributed by atoms with Crippen LogP contribution in [0.25, 0.3) is 0 Å². The molecule has 0 saturated carbocycles. The molecule has 1 rings (SSSR count). The summed E-state index contributed by atoms with van der Waals surface area (Å²) >= 11 is 0. The molecule has 0 amide bonds. The molecule has 0 aliphatic rings. The van der Waals surface area contributed by atoms with E-state index in [0.29, 0.717) is 0 Å². The van der Waals surface area contributed by atoms with Crippen molar-refractivity contribution in [3.05, 3.63) is 35.8 Å². The summed E-state index contributed by atoms with van der Waals surface area (Å²) in [6, 6.07) is -1.72. The first-order chi connectivity index (χ1) is 7.90. The van der Waals surface area contributed by atoms with Crippen molar-refractivity contribution in [2.45, 2.75) is 12.8 Å². The third kappa shape index (κ3) is 2.74. The number of ether oxygens (including phenoxy) is 1. The molecule has 2 heteroatoms. The van der Waals surface area contributed by atoms with Crippen LogP contribution in [-0.4, -0.2) is 13.1 Å². The first-order valence-electron chi connectivity index (χ1n) is 6.02. The fourth-order valence-corrected chi connectivity index (χ4v) is 0.730. The molecular formula is C10H12O2. The third-order valence-electron chi connectivity index (χ3n) is 1.36. The summed E-state index contributed by atoms with van der Waals surface area (Å²) < 4.78 is 42.0. The topological polar surface area (TPSA) is 26.3 Å². The lowest BCUT2D eigenvalue weighted by atomic mass is 10.1. The summed E-state index contributed by atoms with van der Waals surface area (Å²) in [6.07, 6.45) is 0.0624. The molecule has 0 saturated heterocycles.